The van der Waals surface area contributed by atoms with Crippen molar-refractivity contribution >= 4 is 12.2 Å². The fourth-order valence-electron chi connectivity index (χ4n) is 2.30. The van der Waals surface area contributed by atoms with Crippen LogP contribution in [0.1, 0.15) is 29.3 Å². The lowest BCUT2D eigenvalue weighted by Gasteiger charge is -2.18. The van der Waals surface area contributed by atoms with Crippen LogP contribution in [-0.4, -0.2) is 44.6 Å². The molecule has 21 heavy (non-hydrogen) atoms. The van der Waals surface area contributed by atoms with E-state index in [1.165, 1.54) is 7.11 Å². The van der Waals surface area contributed by atoms with Crippen LogP contribution in [0.2, 0.25) is 0 Å². The van der Waals surface area contributed by atoms with Gasteiger partial charge >= 0.3 is 0 Å². The second kappa shape index (κ2) is 6.47. The quantitative estimate of drug-likeness (QED) is 0.746. The lowest BCUT2D eigenvalue weighted by atomic mass is 10.0. The second-order valence-electron chi connectivity index (χ2n) is 4.75. The van der Waals surface area contributed by atoms with E-state index < -0.39 is 0 Å². The highest BCUT2D eigenvalue weighted by atomic mass is 16.7. The van der Waals surface area contributed by atoms with Gasteiger partial charge < -0.3 is 19.1 Å². The monoisotopic (exact) mass is 293 g/mol. The van der Waals surface area contributed by atoms with Gasteiger partial charge in [-0.2, -0.15) is 0 Å². The molecule has 0 spiro atoms. The maximum atomic E-state index is 11.6. The lowest BCUT2D eigenvalue weighted by molar-refractivity contribution is -0.129. The van der Waals surface area contributed by atoms with Crippen LogP contribution in [0, 0.1) is 0 Å². The van der Waals surface area contributed by atoms with Gasteiger partial charge in [0.05, 0.1) is 12.7 Å². The summed E-state index contributed by atoms with van der Waals surface area (Å²) in [7, 11) is 3.23. The zero-order valence-electron chi connectivity index (χ0n) is 12.5. The van der Waals surface area contributed by atoms with Crippen LogP contribution in [0.4, 0.5) is 0 Å². The van der Waals surface area contributed by atoms with E-state index in [1.807, 2.05) is 6.92 Å². The Morgan fingerprint density at radius 3 is 2.86 bits per heavy atom. The summed E-state index contributed by atoms with van der Waals surface area (Å²) in [4.78, 5) is 24.6. The minimum Gasteiger partial charge on any atom is -0.492 e. The molecule has 0 bridgehead atoms. The van der Waals surface area contributed by atoms with Crippen molar-refractivity contribution in [3.8, 4) is 17.2 Å². The minimum atomic E-state index is 0.0651. The number of aldehydes is 1. The predicted octanol–water partition coefficient (Wildman–Crippen LogP) is 1.65. The number of likely N-dealkylation sites (N-methyl/N-ethyl adjacent to an activating group) is 1. The van der Waals surface area contributed by atoms with Gasteiger partial charge in [0.15, 0.2) is 17.8 Å². The van der Waals surface area contributed by atoms with Crippen LogP contribution in [0.3, 0.4) is 0 Å². The third-order valence-corrected chi connectivity index (χ3v) is 3.51. The van der Waals surface area contributed by atoms with Gasteiger partial charge in [0.1, 0.15) is 0 Å². The van der Waals surface area contributed by atoms with Crippen molar-refractivity contribution in [3.63, 3.8) is 0 Å². The summed E-state index contributed by atoms with van der Waals surface area (Å²) in [5.74, 6) is 1.48. The average Bonchev–Trinajstić information content (AvgIpc) is 2.97. The van der Waals surface area contributed by atoms with Gasteiger partial charge in [-0.05, 0) is 18.1 Å². The Kier molecular flexibility index (Phi) is 4.67. The number of amides is 1. The molecule has 0 aliphatic carbocycles. The van der Waals surface area contributed by atoms with Crippen molar-refractivity contribution in [2.24, 2.45) is 0 Å². The summed E-state index contributed by atoms with van der Waals surface area (Å²) < 4.78 is 16.0. The molecule has 0 radical (unpaired) electrons. The van der Waals surface area contributed by atoms with E-state index >= 15 is 0 Å². The number of methoxy groups -OCH3 is 1. The van der Waals surface area contributed by atoms with E-state index in [1.54, 1.807) is 18.0 Å². The molecule has 0 unspecified atom stereocenters. The smallest absolute Gasteiger partial charge is 0.231 e. The molecule has 1 aliphatic heterocycles. The highest BCUT2D eigenvalue weighted by Gasteiger charge is 2.25. The fourth-order valence-corrected chi connectivity index (χ4v) is 2.30. The molecule has 6 nitrogen and oxygen atoms in total. The van der Waals surface area contributed by atoms with Gasteiger partial charge in [0, 0.05) is 20.0 Å². The van der Waals surface area contributed by atoms with Crippen molar-refractivity contribution in [3.05, 3.63) is 17.2 Å². The summed E-state index contributed by atoms with van der Waals surface area (Å²) >= 11 is 0. The summed E-state index contributed by atoms with van der Waals surface area (Å²) in [6.45, 7) is 2.46. The Labute approximate surface area is 123 Å². The van der Waals surface area contributed by atoms with Gasteiger partial charge in [-0.1, -0.05) is 6.92 Å². The summed E-state index contributed by atoms with van der Waals surface area (Å²) in [6.07, 6.45) is 1.75. The maximum Gasteiger partial charge on any atom is 0.231 e. The van der Waals surface area contributed by atoms with Crippen LogP contribution in [0.5, 0.6) is 17.2 Å². The number of fused-ring (bicyclic) bond motifs is 1. The standard InChI is InChI=1S/C15H19NO5/c1-4-13(18)16(2)6-5-10-7-12-15(21-9-20-12)14(19-3)11(10)8-17/h7-8H,4-6,9H2,1-3H3. The van der Waals surface area contributed by atoms with E-state index in [4.69, 9.17) is 14.2 Å². The van der Waals surface area contributed by atoms with Gasteiger partial charge in [-0.25, -0.2) is 0 Å². The molecular weight excluding hydrogens is 274 g/mol. The Bertz CT molecular complexity index is 555. The molecule has 1 amide bonds. The molecule has 1 heterocycles. The molecule has 0 atom stereocenters. The SMILES string of the molecule is CCC(=O)N(C)CCc1cc2c(c(OC)c1C=O)OCO2. The van der Waals surface area contributed by atoms with E-state index in [2.05, 4.69) is 0 Å². The normalized spacial score (nSPS) is 12.1. The number of carbonyl (C=O) groups is 2. The van der Waals surface area contributed by atoms with Crippen LogP contribution in [-0.2, 0) is 11.2 Å². The number of carbonyl (C=O) groups excluding carboxylic acids is 2. The first-order valence-electron chi connectivity index (χ1n) is 6.81. The first-order chi connectivity index (χ1) is 10.1. The first-order valence-corrected chi connectivity index (χ1v) is 6.81. The molecule has 1 aromatic rings. The zero-order chi connectivity index (χ0) is 15.4. The first kappa shape index (κ1) is 15.2. The molecule has 1 aromatic carbocycles. The number of hydrogen-bond acceptors (Lipinski definition) is 5. The highest BCUT2D eigenvalue weighted by Crippen LogP contribution is 2.44. The third kappa shape index (κ3) is 2.94. The topological polar surface area (TPSA) is 65.1 Å². The third-order valence-electron chi connectivity index (χ3n) is 3.51. The van der Waals surface area contributed by atoms with Crippen molar-refractivity contribution in [2.75, 3.05) is 27.5 Å². The number of benzene rings is 1. The van der Waals surface area contributed by atoms with E-state index in [9.17, 15) is 9.59 Å². The Balaban J connectivity index is 2.27. The van der Waals surface area contributed by atoms with Gasteiger partial charge in [-0.15, -0.1) is 0 Å². The van der Waals surface area contributed by atoms with Gasteiger partial charge in [-0.3, -0.25) is 9.59 Å². The van der Waals surface area contributed by atoms with Crippen molar-refractivity contribution in [2.45, 2.75) is 19.8 Å². The zero-order valence-corrected chi connectivity index (χ0v) is 12.5. The molecule has 0 saturated heterocycles. The van der Waals surface area contributed by atoms with Crippen LogP contribution in [0.15, 0.2) is 6.07 Å². The predicted molar refractivity (Wildman–Crippen MR) is 76.1 cm³/mol. The lowest BCUT2D eigenvalue weighted by Crippen LogP contribution is -2.28. The molecule has 114 valence electrons. The largest absolute Gasteiger partial charge is 0.492 e. The van der Waals surface area contributed by atoms with Crippen LogP contribution < -0.4 is 14.2 Å². The second-order valence-corrected chi connectivity index (χ2v) is 4.75. The van der Waals surface area contributed by atoms with E-state index in [0.717, 1.165) is 11.8 Å². The number of nitrogens with zero attached hydrogens (tertiary/aromatic N) is 1. The summed E-state index contributed by atoms with van der Waals surface area (Å²) in [5, 5.41) is 0. The van der Waals surface area contributed by atoms with Gasteiger partial charge in [0.2, 0.25) is 18.4 Å². The number of ether oxygens (including phenoxy) is 3. The van der Waals surface area contributed by atoms with Crippen molar-refractivity contribution < 1.29 is 23.8 Å². The molecule has 2 rings (SSSR count). The molecule has 1 aliphatic rings. The Morgan fingerprint density at radius 2 is 2.24 bits per heavy atom. The van der Waals surface area contributed by atoms with E-state index in [0.29, 0.717) is 42.2 Å². The molecule has 6 heteroatoms. The number of rotatable bonds is 6. The minimum absolute atomic E-state index is 0.0651. The molecule has 0 fully saturated rings. The average molecular weight is 293 g/mol. The van der Waals surface area contributed by atoms with Crippen LogP contribution >= 0.6 is 0 Å². The molecule has 0 N–H and O–H groups in total. The maximum absolute atomic E-state index is 11.6. The Hall–Kier alpha value is -2.24. The summed E-state index contributed by atoms with van der Waals surface area (Å²) in [5.41, 5.74) is 1.22. The van der Waals surface area contributed by atoms with E-state index in [-0.39, 0.29) is 12.7 Å². The molecule has 0 aromatic heterocycles. The summed E-state index contributed by atoms with van der Waals surface area (Å²) in [6, 6.07) is 1.78. The van der Waals surface area contributed by atoms with Crippen molar-refractivity contribution in [1.29, 1.82) is 0 Å². The van der Waals surface area contributed by atoms with Crippen LogP contribution in [0.25, 0.3) is 0 Å². The number of hydrogen-bond donors (Lipinski definition) is 0. The highest BCUT2D eigenvalue weighted by molar-refractivity contribution is 5.85. The Morgan fingerprint density at radius 1 is 1.48 bits per heavy atom. The molecular formula is C15H19NO5. The fraction of sp³-hybridized carbons (Fsp3) is 0.467. The molecule has 0 saturated carbocycles. The van der Waals surface area contributed by atoms with Crippen molar-refractivity contribution in [1.82, 2.24) is 4.90 Å². The van der Waals surface area contributed by atoms with Gasteiger partial charge in [0.25, 0.3) is 0 Å².